The largest absolute Gasteiger partial charge is 0.383 e. The van der Waals surface area contributed by atoms with Crippen LogP contribution in [0.5, 0.6) is 0 Å². The molecule has 0 radical (unpaired) electrons. The molecule has 2 aliphatic rings. The van der Waals surface area contributed by atoms with Gasteiger partial charge in [-0.1, -0.05) is 23.8 Å². The number of carbonyl (C=O) groups is 1. The first-order valence-corrected chi connectivity index (χ1v) is 11.4. The highest BCUT2D eigenvalue weighted by Gasteiger charge is 2.26. The van der Waals surface area contributed by atoms with E-state index in [4.69, 9.17) is 20.4 Å². The smallest absolute Gasteiger partial charge is 0.236 e. The summed E-state index contributed by atoms with van der Waals surface area (Å²) in [5.74, 6) is 1.38. The number of nitrogens with two attached hydrogens (primary N) is 1. The molecule has 0 bridgehead atoms. The summed E-state index contributed by atoms with van der Waals surface area (Å²) in [6.45, 7) is 8.18. The van der Waals surface area contributed by atoms with Gasteiger partial charge in [0.1, 0.15) is 5.82 Å². The van der Waals surface area contributed by atoms with Gasteiger partial charge >= 0.3 is 0 Å². The monoisotopic (exact) mass is 450 g/mol. The Bertz CT molecular complexity index is 1160. The van der Waals surface area contributed by atoms with Gasteiger partial charge in [-0.2, -0.15) is 10.1 Å². The van der Waals surface area contributed by atoms with Gasteiger partial charge in [-0.15, -0.1) is 0 Å². The lowest BCUT2D eigenvalue weighted by Gasteiger charge is -2.36. The van der Waals surface area contributed by atoms with E-state index in [1.54, 1.807) is 4.68 Å². The molecule has 5 rings (SSSR count). The number of fused-ring (bicyclic) bond motifs is 1. The van der Waals surface area contributed by atoms with Crippen LogP contribution in [-0.4, -0.2) is 94.5 Å². The lowest BCUT2D eigenvalue weighted by Crippen LogP contribution is -2.51. The second-order valence-electron chi connectivity index (χ2n) is 8.71. The Morgan fingerprint density at radius 3 is 2.58 bits per heavy atom. The van der Waals surface area contributed by atoms with Gasteiger partial charge in [0.25, 0.3) is 0 Å². The first kappa shape index (κ1) is 21.6. The van der Waals surface area contributed by atoms with Crippen molar-refractivity contribution >= 4 is 28.7 Å². The van der Waals surface area contributed by atoms with Crippen molar-refractivity contribution in [2.24, 2.45) is 7.05 Å². The molecule has 2 aromatic heterocycles. The minimum Gasteiger partial charge on any atom is -0.383 e. The highest BCUT2D eigenvalue weighted by molar-refractivity contribution is 5.99. The Balaban J connectivity index is 1.36. The number of nitrogen functional groups attached to an aromatic ring is 1. The number of ether oxygens (including phenoxy) is 1. The fraction of sp³-hybridized carbons (Fsp3) is 0.478. The average molecular weight is 451 g/mol. The number of rotatable bonds is 4. The van der Waals surface area contributed by atoms with Crippen molar-refractivity contribution in [3.63, 3.8) is 0 Å². The maximum absolute atomic E-state index is 12.6. The number of piperazine rings is 1. The number of hydrogen-bond acceptors (Lipinski definition) is 8. The first-order valence-electron chi connectivity index (χ1n) is 11.4. The Morgan fingerprint density at radius 1 is 1.09 bits per heavy atom. The zero-order valence-corrected chi connectivity index (χ0v) is 19.2. The van der Waals surface area contributed by atoms with E-state index in [2.05, 4.69) is 34.0 Å². The quantitative estimate of drug-likeness (QED) is 0.625. The van der Waals surface area contributed by atoms with Crippen LogP contribution in [0.4, 0.5) is 11.8 Å². The molecule has 2 fully saturated rings. The van der Waals surface area contributed by atoms with E-state index in [9.17, 15) is 4.79 Å². The van der Waals surface area contributed by atoms with E-state index in [1.807, 2.05) is 24.1 Å². The number of hydrogen-bond donors (Lipinski definition) is 1. The molecular formula is C23H30N8O2. The van der Waals surface area contributed by atoms with Crippen molar-refractivity contribution in [3.05, 3.63) is 29.8 Å². The molecule has 2 saturated heterocycles. The summed E-state index contributed by atoms with van der Waals surface area (Å²) in [5, 5.41) is 5.31. The summed E-state index contributed by atoms with van der Waals surface area (Å²) in [6.07, 6.45) is 0. The van der Waals surface area contributed by atoms with Gasteiger partial charge in [0.05, 0.1) is 30.8 Å². The minimum absolute atomic E-state index is 0.176. The van der Waals surface area contributed by atoms with Gasteiger partial charge in [0.2, 0.25) is 11.9 Å². The van der Waals surface area contributed by atoms with Gasteiger partial charge < -0.3 is 20.3 Å². The number of carbonyl (C=O) groups excluding carboxylic acids is 1. The van der Waals surface area contributed by atoms with Crippen molar-refractivity contribution in [1.29, 1.82) is 0 Å². The summed E-state index contributed by atoms with van der Waals surface area (Å²) in [7, 11) is 1.82. The highest BCUT2D eigenvalue weighted by atomic mass is 16.5. The number of anilines is 2. The summed E-state index contributed by atoms with van der Waals surface area (Å²) in [4.78, 5) is 28.5. The fourth-order valence-electron chi connectivity index (χ4n) is 4.46. The predicted octanol–water partition coefficient (Wildman–Crippen LogP) is 0.902. The molecule has 10 nitrogen and oxygen atoms in total. The van der Waals surface area contributed by atoms with Crippen LogP contribution in [0.15, 0.2) is 24.3 Å². The summed E-state index contributed by atoms with van der Waals surface area (Å²) in [6, 6.07) is 8.23. The molecule has 1 aromatic carbocycles. The summed E-state index contributed by atoms with van der Waals surface area (Å²) >= 11 is 0. The molecule has 0 spiro atoms. The second-order valence-corrected chi connectivity index (χ2v) is 8.71. The molecule has 0 saturated carbocycles. The van der Waals surface area contributed by atoms with E-state index < -0.39 is 0 Å². The minimum atomic E-state index is 0.176. The average Bonchev–Trinajstić information content (AvgIpc) is 3.13. The Labute approximate surface area is 192 Å². The third kappa shape index (κ3) is 4.36. The Kier molecular flexibility index (Phi) is 5.86. The fourth-order valence-corrected chi connectivity index (χ4v) is 4.46. The van der Waals surface area contributed by atoms with Crippen molar-refractivity contribution < 1.29 is 9.53 Å². The van der Waals surface area contributed by atoms with Crippen LogP contribution in [0, 0.1) is 6.92 Å². The normalized spacial score (nSPS) is 17.6. The van der Waals surface area contributed by atoms with Crippen LogP contribution < -0.4 is 10.6 Å². The lowest BCUT2D eigenvalue weighted by molar-refractivity contribution is -0.136. The molecule has 4 heterocycles. The molecule has 0 atom stereocenters. The molecule has 1 amide bonds. The maximum atomic E-state index is 12.6. The third-order valence-electron chi connectivity index (χ3n) is 6.40. The van der Waals surface area contributed by atoms with Crippen molar-refractivity contribution in [3.8, 4) is 11.3 Å². The zero-order valence-electron chi connectivity index (χ0n) is 19.2. The molecule has 2 N–H and O–H groups in total. The summed E-state index contributed by atoms with van der Waals surface area (Å²) in [5.41, 5.74) is 9.88. The van der Waals surface area contributed by atoms with Crippen LogP contribution in [0.2, 0.25) is 0 Å². The Hall–Kier alpha value is -3.24. The molecule has 33 heavy (non-hydrogen) atoms. The predicted molar refractivity (Wildman–Crippen MR) is 127 cm³/mol. The standard InChI is InChI=1S/C23H30N8O2/c1-16-4-3-5-17(14-16)20-19-21(24)28(2)27-22(19)26-23(25-20)31-8-6-29(7-9-31)15-18(32)30-10-12-33-13-11-30/h3-5,14H,6-13,15,24H2,1-2H3. The molecule has 0 aliphatic carbocycles. The van der Waals surface area contributed by atoms with Crippen molar-refractivity contribution in [2.45, 2.75) is 6.92 Å². The first-order chi connectivity index (χ1) is 16.0. The lowest BCUT2D eigenvalue weighted by atomic mass is 10.1. The number of aryl methyl sites for hydroxylation is 2. The highest BCUT2D eigenvalue weighted by Crippen LogP contribution is 2.32. The number of morpholine rings is 1. The van der Waals surface area contributed by atoms with Gasteiger partial charge in [-0.05, 0) is 13.0 Å². The number of amides is 1. The topological polar surface area (TPSA) is 106 Å². The molecule has 10 heteroatoms. The molecule has 0 unspecified atom stereocenters. The van der Waals surface area contributed by atoms with E-state index in [0.29, 0.717) is 50.3 Å². The SMILES string of the molecule is Cc1cccc(-c2nc(N3CCN(CC(=O)N4CCOCC4)CC3)nc3nn(C)c(N)c23)c1. The zero-order chi connectivity index (χ0) is 22.9. The number of aromatic nitrogens is 4. The second kappa shape index (κ2) is 8.95. The van der Waals surface area contributed by atoms with Crippen LogP contribution in [0.25, 0.3) is 22.3 Å². The number of benzene rings is 1. The maximum Gasteiger partial charge on any atom is 0.236 e. The van der Waals surface area contributed by atoms with Gasteiger partial charge in [-0.25, -0.2) is 4.98 Å². The van der Waals surface area contributed by atoms with E-state index in [-0.39, 0.29) is 5.91 Å². The molecule has 3 aromatic rings. The van der Waals surface area contributed by atoms with E-state index in [1.165, 1.54) is 0 Å². The third-order valence-corrected chi connectivity index (χ3v) is 6.40. The molecule has 174 valence electrons. The van der Waals surface area contributed by atoms with Gasteiger partial charge in [0, 0.05) is 51.9 Å². The van der Waals surface area contributed by atoms with Gasteiger partial charge in [0.15, 0.2) is 5.65 Å². The van der Waals surface area contributed by atoms with Crippen LogP contribution in [0.1, 0.15) is 5.56 Å². The molecular weight excluding hydrogens is 420 g/mol. The van der Waals surface area contributed by atoms with E-state index in [0.717, 1.165) is 48.4 Å². The number of nitrogens with zero attached hydrogens (tertiary/aromatic N) is 7. The van der Waals surface area contributed by atoms with Crippen LogP contribution in [0.3, 0.4) is 0 Å². The van der Waals surface area contributed by atoms with Crippen LogP contribution >= 0.6 is 0 Å². The summed E-state index contributed by atoms with van der Waals surface area (Å²) < 4.78 is 7.00. The van der Waals surface area contributed by atoms with Gasteiger partial charge in [-0.3, -0.25) is 14.4 Å². The van der Waals surface area contributed by atoms with E-state index >= 15 is 0 Å². The Morgan fingerprint density at radius 2 is 1.85 bits per heavy atom. The van der Waals surface area contributed by atoms with Crippen LogP contribution in [-0.2, 0) is 16.6 Å². The van der Waals surface area contributed by atoms with Crippen molar-refractivity contribution in [1.82, 2.24) is 29.5 Å². The van der Waals surface area contributed by atoms with Crippen molar-refractivity contribution in [2.75, 3.05) is 69.7 Å². The molecule has 2 aliphatic heterocycles.